The molecule has 1 heterocycles. The second-order valence-electron chi connectivity index (χ2n) is 3.79. The monoisotopic (exact) mass is 293 g/mol. The van der Waals surface area contributed by atoms with Crippen molar-refractivity contribution in [2.75, 3.05) is 10.6 Å². The SMILES string of the molecule is C/C(=C/C(=O)Nc1nccs1)Nc1ccc(Cl)cc1. The highest BCUT2D eigenvalue weighted by atomic mass is 35.5. The van der Waals surface area contributed by atoms with Crippen molar-refractivity contribution < 1.29 is 4.79 Å². The summed E-state index contributed by atoms with van der Waals surface area (Å²) in [6.45, 7) is 1.82. The third kappa shape index (κ3) is 4.39. The van der Waals surface area contributed by atoms with Crippen LogP contribution in [-0.4, -0.2) is 10.9 Å². The number of benzene rings is 1. The van der Waals surface area contributed by atoms with E-state index in [1.54, 1.807) is 23.7 Å². The molecule has 4 nitrogen and oxygen atoms in total. The summed E-state index contributed by atoms with van der Waals surface area (Å²) in [6, 6.07) is 7.26. The number of hydrogen-bond donors (Lipinski definition) is 2. The van der Waals surface area contributed by atoms with Gasteiger partial charge < -0.3 is 5.32 Å². The zero-order valence-electron chi connectivity index (χ0n) is 10.2. The number of nitrogens with one attached hydrogen (secondary N) is 2. The number of nitrogens with zero attached hydrogens (tertiary/aromatic N) is 1. The predicted octanol–water partition coefficient (Wildman–Crippen LogP) is 3.75. The topological polar surface area (TPSA) is 54.0 Å². The van der Waals surface area contributed by atoms with Gasteiger partial charge in [0.25, 0.3) is 5.91 Å². The van der Waals surface area contributed by atoms with Crippen LogP contribution in [0, 0.1) is 0 Å². The maximum Gasteiger partial charge on any atom is 0.251 e. The lowest BCUT2D eigenvalue weighted by Gasteiger charge is -2.06. The van der Waals surface area contributed by atoms with Crippen molar-refractivity contribution in [2.24, 2.45) is 0 Å². The van der Waals surface area contributed by atoms with Crippen LogP contribution in [0.1, 0.15) is 6.92 Å². The van der Waals surface area contributed by atoms with Gasteiger partial charge >= 0.3 is 0 Å². The molecule has 2 rings (SSSR count). The molecule has 0 saturated heterocycles. The van der Waals surface area contributed by atoms with Crippen molar-refractivity contribution >= 4 is 39.7 Å². The zero-order valence-corrected chi connectivity index (χ0v) is 11.8. The van der Waals surface area contributed by atoms with Gasteiger partial charge in [0.1, 0.15) is 0 Å². The van der Waals surface area contributed by atoms with Gasteiger partial charge in [0.05, 0.1) is 0 Å². The molecule has 0 saturated carbocycles. The van der Waals surface area contributed by atoms with E-state index in [1.165, 1.54) is 17.4 Å². The molecule has 0 atom stereocenters. The van der Waals surface area contributed by atoms with E-state index in [2.05, 4.69) is 15.6 Å². The lowest BCUT2D eigenvalue weighted by molar-refractivity contribution is -0.111. The lowest BCUT2D eigenvalue weighted by Crippen LogP contribution is -2.10. The average Bonchev–Trinajstić information content (AvgIpc) is 2.84. The van der Waals surface area contributed by atoms with Crippen LogP contribution < -0.4 is 10.6 Å². The third-order valence-corrected chi connectivity index (χ3v) is 3.14. The van der Waals surface area contributed by atoms with Crippen molar-refractivity contribution in [2.45, 2.75) is 6.92 Å². The molecule has 0 bridgehead atoms. The van der Waals surface area contributed by atoms with Gasteiger partial charge in [-0.3, -0.25) is 10.1 Å². The molecule has 19 heavy (non-hydrogen) atoms. The number of carbonyl (C=O) groups excluding carboxylic acids is 1. The van der Waals surface area contributed by atoms with Crippen molar-refractivity contribution in [1.29, 1.82) is 0 Å². The van der Waals surface area contributed by atoms with Gasteiger partial charge in [-0.05, 0) is 31.2 Å². The van der Waals surface area contributed by atoms with Crippen LogP contribution in [0.5, 0.6) is 0 Å². The Labute approximate surface area is 120 Å². The molecule has 98 valence electrons. The van der Waals surface area contributed by atoms with E-state index in [1.807, 2.05) is 19.1 Å². The van der Waals surface area contributed by atoms with E-state index in [0.29, 0.717) is 10.2 Å². The van der Waals surface area contributed by atoms with Gasteiger partial charge in [0.2, 0.25) is 0 Å². The standard InChI is InChI=1S/C13H12ClN3OS/c1-9(16-11-4-2-10(14)3-5-11)8-12(18)17-13-15-6-7-19-13/h2-8,16H,1H3,(H,15,17,18)/b9-8-. The molecule has 2 N–H and O–H groups in total. The smallest absolute Gasteiger partial charge is 0.251 e. The van der Waals surface area contributed by atoms with E-state index < -0.39 is 0 Å². The molecular formula is C13H12ClN3OS. The number of halogens is 1. The number of anilines is 2. The second-order valence-corrected chi connectivity index (χ2v) is 5.12. The normalized spacial score (nSPS) is 11.2. The fourth-order valence-corrected chi connectivity index (χ4v) is 2.08. The Kier molecular flexibility index (Phi) is 4.54. The summed E-state index contributed by atoms with van der Waals surface area (Å²) < 4.78 is 0. The quantitative estimate of drug-likeness (QED) is 0.844. The average molecular weight is 294 g/mol. The van der Waals surface area contributed by atoms with Crippen LogP contribution >= 0.6 is 22.9 Å². The fourth-order valence-electron chi connectivity index (χ4n) is 1.42. The molecule has 2 aromatic rings. The molecule has 0 radical (unpaired) electrons. The first kappa shape index (κ1) is 13.6. The maximum atomic E-state index is 11.7. The minimum absolute atomic E-state index is 0.214. The molecule has 6 heteroatoms. The summed E-state index contributed by atoms with van der Waals surface area (Å²) in [4.78, 5) is 15.7. The van der Waals surface area contributed by atoms with Crippen molar-refractivity contribution in [3.05, 3.63) is 52.6 Å². The van der Waals surface area contributed by atoms with Crippen LogP contribution in [0.25, 0.3) is 0 Å². The first-order chi connectivity index (χ1) is 9.13. The number of thiazole rings is 1. The Balaban J connectivity index is 1.95. The highest BCUT2D eigenvalue weighted by Gasteiger charge is 2.01. The van der Waals surface area contributed by atoms with Gasteiger partial charge in [0, 0.05) is 34.1 Å². The Hall–Kier alpha value is -1.85. The Bertz CT molecular complexity index is 578. The van der Waals surface area contributed by atoms with Crippen LogP contribution in [0.15, 0.2) is 47.6 Å². The molecule has 0 aliphatic carbocycles. The van der Waals surface area contributed by atoms with E-state index in [4.69, 9.17) is 11.6 Å². The number of hydrogen-bond acceptors (Lipinski definition) is 4. The number of rotatable bonds is 4. The predicted molar refractivity (Wildman–Crippen MR) is 79.6 cm³/mol. The molecule has 0 spiro atoms. The summed E-state index contributed by atoms with van der Waals surface area (Å²) in [5, 5.41) is 8.85. The summed E-state index contributed by atoms with van der Waals surface area (Å²) in [5.74, 6) is -0.214. The first-order valence-electron chi connectivity index (χ1n) is 5.55. The van der Waals surface area contributed by atoms with E-state index >= 15 is 0 Å². The summed E-state index contributed by atoms with van der Waals surface area (Å²) in [6.07, 6.45) is 3.12. The van der Waals surface area contributed by atoms with Crippen molar-refractivity contribution in [3.63, 3.8) is 0 Å². The van der Waals surface area contributed by atoms with E-state index in [-0.39, 0.29) is 5.91 Å². The summed E-state index contributed by atoms with van der Waals surface area (Å²) in [5.41, 5.74) is 1.61. The largest absolute Gasteiger partial charge is 0.359 e. The summed E-state index contributed by atoms with van der Waals surface area (Å²) >= 11 is 7.18. The van der Waals surface area contributed by atoms with Gasteiger partial charge in [-0.15, -0.1) is 11.3 Å². The molecule has 0 aliphatic heterocycles. The van der Waals surface area contributed by atoms with E-state index in [9.17, 15) is 4.79 Å². The van der Waals surface area contributed by atoms with Crippen molar-refractivity contribution in [1.82, 2.24) is 4.98 Å². The lowest BCUT2D eigenvalue weighted by atomic mass is 10.3. The second kappa shape index (κ2) is 6.36. The maximum absolute atomic E-state index is 11.7. The van der Waals surface area contributed by atoms with Crippen LogP contribution in [0.3, 0.4) is 0 Å². The first-order valence-corrected chi connectivity index (χ1v) is 6.80. The van der Waals surface area contributed by atoms with Gasteiger partial charge in [-0.2, -0.15) is 0 Å². The number of aromatic nitrogens is 1. The summed E-state index contributed by atoms with van der Waals surface area (Å²) in [7, 11) is 0. The van der Waals surface area contributed by atoms with Crippen LogP contribution in [-0.2, 0) is 4.79 Å². The zero-order chi connectivity index (χ0) is 13.7. The Morgan fingerprint density at radius 3 is 2.68 bits per heavy atom. The molecule has 1 amide bonds. The van der Waals surface area contributed by atoms with Gasteiger partial charge in [-0.1, -0.05) is 11.6 Å². The van der Waals surface area contributed by atoms with E-state index in [0.717, 1.165) is 11.4 Å². The number of carbonyl (C=O) groups is 1. The molecule has 1 aromatic heterocycles. The molecule has 0 fully saturated rings. The Morgan fingerprint density at radius 2 is 2.05 bits per heavy atom. The van der Waals surface area contributed by atoms with Crippen LogP contribution in [0.4, 0.5) is 10.8 Å². The minimum atomic E-state index is -0.214. The molecule has 0 unspecified atom stereocenters. The molecular weight excluding hydrogens is 282 g/mol. The van der Waals surface area contributed by atoms with Gasteiger partial charge in [0.15, 0.2) is 5.13 Å². The molecule has 0 aliphatic rings. The van der Waals surface area contributed by atoms with Gasteiger partial charge in [-0.25, -0.2) is 4.98 Å². The highest BCUT2D eigenvalue weighted by molar-refractivity contribution is 7.13. The highest BCUT2D eigenvalue weighted by Crippen LogP contribution is 2.15. The van der Waals surface area contributed by atoms with Crippen LogP contribution in [0.2, 0.25) is 5.02 Å². The third-order valence-electron chi connectivity index (χ3n) is 2.20. The number of amides is 1. The minimum Gasteiger partial charge on any atom is -0.359 e. The number of allylic oxidation sites excluding steroid dienone is 1. The van der Waals surface area contributed by atoms with Crippen molar-refractivity contribution in [3.8, 4) is 0 Å². The molecule has 1 aromatic carbocycles. The Morgan fingerprint density at radius 1 is 1.32 bits per heavy atom. The fraction of sp³-hybridized carbons (Fsp3) is 0.0769.